The molecule has 1 saturated heterocycles. The number of esters is 1. The molecule has 0 unspecified atom stereocenters. The summed E-state index contributed by atoms with van der Waals surface area (Å²) in [5.74, 6) is 0.279. The molecule has 0 aromatic heterocycles. The molecule has 10 heavy (non-hydrogen) atoms. The molecule has 2 fully saturated rings. The van der Waals surface area contributed by atoms with E-state index in [2.05, 4.69) is 6.92 Å². The van der Waals surface area contributed by atoms with Gasteiger partial charge in [-0.15, -0.1) is 0 Å². The van der Waals surface area contributed by atoms with Crippen LogP contribution >= 0.6 is 0 Å². The fraction of sp³-hybridized carbons (Fsp3) is 0.875. The van der Waals surface area contributed by atoms with Gasteiger partial charge >= 0.3 is 5.97 Å². The zero-order valence-electron chi connectivity index (χ0n) is 6.22. The molecule has 0 amide bonds. The van der Waals surface area contributed by atoms with Crippen LogP contribution in [0, 0.1) is 11.3 Å². The minimum Gasteiger partial charge on any atom is -0.465 e. The van der Waals surface area contributed by atoms with E-state index in [1.165, 1.54) is 6.42 Å². The van der Waals surface area contributed by atoms with Gasteiger partial charge in [0.1, 0.15) is 0 Å². The number of cyclic esters (lactones) is 1. The average Bonchev–Trinajstić information content (AvgIpc) is 1.83. The normalized spacial score (nSPS) is 45.3. The van der Waals surface area contributed by atoms with Gasteiger partial charge in [0.2, 0.25) is 0 Å². The van der Waals surface area contributed by atoms with Gasteiger partial charge < -0.3 is 4.74 Å². The first-order valence-electron chi connectivity index (χ1n) is 3.89. The second-order valence-electron chi connectivity index (χ2n) is 3.66. The maximum atomic E-state index is 11.0. The third-order valence-electron chi connectivity index (χ3n) is 3.05. The topological polar surface area (TPSA) is 26.3 Å². The van der Waals surface area contributed by atoms with Crippen molar-refractivity contribution in [1.82, 2.24) is 0 Å². The van der Waals surface area contributed by atoms with E-state index >= 15 is 0 Å². The lowest BCUT2D eigenvalue weighted by Crippen LogP contribution is -2.47. The molecule has 56 valence electrons. The first-order chi connectivity index (χ1) is 4.72. The lowest BCUT2D eigenvalue weighted by molar-refractivity contribution is -0.173. The first kappa shape index (κ1) is 6.20. The van der Waals surface area contributed by atoms with Crippen LogP contribution in [0.1, 0.15) is 26.2 Å². The number of fused-ring (bicyclic) bond motifs is 1. The van der Waals surface area contributed by atoms with Gasteiger partial charge in [0.05, 0.1) is 12.5 Å². The molecule has 0 radical (unpaired) electrons. The van der Waals surface area contributed by atoms with Crippen LogP contribution in [-0.2, 0) is 9.53 Å². The third-order valence-corrected chi connectivity index (χ3v) is 3.05. The molecule has 0 spiro atoms. The summed E-state index contributed by atoms with van der Waals surface area (Å²) in [6.45, 7) is 2.84. The van der Waals surface area contributed by atoms with Crippen LogP contribution < -0.4 is 0 Å². The zero-order valence-corrected chi connectivity index (χ0v) is 6.22. The van der Waals surface area contributed by atoms with Gasteiger partial charge in [-0.25, -0.2) is 0 Å². The Morgan fingerprint density at radius 2 is 2.40 bits per heavy atom. The van der Waals surface area contributed by atoms with Gasteiger partial charge in [0, 0.05) is 0 Å². The van der Waals surface area contributed by atoms with Crippen LogP contribution in [0.3, 0.4) is 0 Å². The summed E-state index contributed by atoms with van der Waals surface area (Å²) in [7, 11) is 0. The van der Waals surface area contributed by atoms with Crippen molar-refractivity contribution in [2.45, 2.75) is 26.2 Å². The van der Waals surface area contributed by atoms with Gasteiger partial charge in [0.25, 0.3) is 0 Å². The summed E-state index contributed by atoms with van der Waals surface area (Å²) in [5.41, 5.74) is 0.315. The molecule has 2 atom stereocenters. The fourth-order valence-electron chi connectivity index (χ4n) is 1.97. The van der Waals surface area contributed by atoms with E-state index in [9.17, 15) is 4.79 Å². The van der Waals surface area contributed by atoms with E-state index in [0.29, 0.717) is 12.0 Å². The predicted molar refractivity (Wildman–Crippen MR) is 36.4 cm³/mol. The Morgan fingerprint density at radius 1 is 1.60 bits per heavy atom. The Morgan fingerprint density at radius 3 is 2.80 bits per heavy atom. The summed E-state index contributed by atoms with van der Waals surface area (Å²) >= 11 is 0. The van der Waals surface area contributed by atoms with Crippen molar-refractivity contribution in [2.24, 2.45) is 11.3 Å². The lowest BCUT2D eigenvalue weighted by Gasteiger charge is -2.48. The van der Waals surface area contributed by atoms with Crippen molar-refractivity contribution in [1.29, 1.82) is 0 Å². The molecule has 1 aliphatic carbocycles. The monoisotopic (exact) mass is 140 g/mol. The van der Waals surface area contributed by atoms with Crippen molar-refractivity contribution < 1.29 is 9.53 Å². The lowest BCUT2D eigenvalue weighted by atomic mass is 9.59. The smallest absolute Gasteiger partial charge is 0.309 e. The van der Waals surface area contributed by atoms with E-state index in [-0.39, 0.29) is 11.9 Å². The maximum Gasteiger partial charge on any atom is 0.309 e. The number of carbonyl (C=O) groups excluding carboxylic acids is 1. The van der Waals surface area contributed by atoms with Crippen LogP contribution in [0.25, 0.3) is 0 Å². The van der Waals surface area contributed by atoms with Crippen LogP contribution in [-0.4, -0.2) is 12.6 Å². The number of hydrogen-bond acceptors (Lipinski definition) is 2. The summed E-state index contributed by atoms with van der Waals surface area (Å²) in [6, 6.07) is 0. The van der Waals surface area contributed by atoms with Crippen molar-refractivity contribution in [3.63, 3.8) is 0 Å². The standard InChI is InChI=1S/C8H12O2/c1-8-3-2-6(8)7(9)10-5-4-8/h6H,2-5H2,1H3/t6-,8+/m0/s1. The minimum absolute atomic E-state index is 0.0417. The molecule has 2 rings (SSSR count). The molecule has 0 N–H and O–H groups in total. The van der Waals surface area contributed by atoms with Gasteiger partial charge in [-0.1, -0.05) is 6.92 Å². The fourth-order valence-corrected chi connectivity index (χ4v) is 1.97. The van der Waals surface area contributed by atoms with Gasteiger partial charge in [-0.3, -0.25) is 4.79 Å². The van der Waals surface area contributed by atoms with Crippen molar-refractivity contribution in [3.8, 4) is 0 Å². The quantitative estimate of drug-likeness (QED) is 0.475. The van der Waals surface area contributed by atoms with E-state index < -0.39 is 0 Å². The summed E-state index contributed by atoms with van der Waals surface area (Å²) in [5, 5.41) is 0. The van der Waals surface area contributed by atoms with E-state index in [1.807, 2.05) is 0 Å². The molecule has 1 heterocycles. The highest BCUT2D eigenvalue weighted by Gasteiger charge is 2.50. The largest absolute Gasteiger partial charge is 0.465 e. The van der Waals surface area contributed by atoms with Gasteiger partial charge in [0.15, 0.2) is 0 Å². The Hall–Kier alpha value is -0.530. The number of ether oxygens (including phenoxy) is 1. The molecule has 2 aliphatic rings. The Bertz CT molecular complexity index is 176. The molecule has 0 bridgehead atoms. The van der Waals surface area contributed by atoms with E-state index in [0.717, 1.165) is 12.8 Å². The van der Waals surface area contributed by atoms with Crippen molar-refractivity contribution >= 4 is 5.97 Å². The SMILES string of the molecule is C[C@@]12CCOC(=O)[C@@H]1CC2. The Balaban J connectivity index is 2.16. The number of hydrogen-bond donors (Lipinski definition) is 0. The van der Waals surface area contributed by atoms with Crippen molar-refractivity contribution in [3.05, 3.63) is 0 Å². The highest BCUT2D eigenvalue weighted by atomic mass is 16.5. The molecule has 1 saturated carbocycles. The van der Waals surface area contributed by atoms with Crippen LogP contribution in [0.4, 0.5) is 0 Å². The third kappa shape index (κ3) is 0.619. The molecular formula is C8H12O2. The highest BCUT2D eigenvalue weighted by molar-refractivity contribution is 5.75. The summed E-state index contributed by atoms with van der Waals surface area (Å²) in [4.78, 5) is 11.0. The molecule has 0 aromatic carbocycles. The first-order valence-corrected chi connectivity index (χ1v) is 3.89. The molecule has 0 aromatic rings. The summed E-state index contributed by atoms with van der Waals surface area (Å²) < 4.78 is 4.94. The Labute approximate surface area is 60.6 Å². The van der Waals surface area contributed by atoms with Crippen molar-refractivity contribution in [2.75, 3.05) is 6.61 Å². The van der Waals surface area contributed by atoms with E-state index in [4.69, 9.17) is 4.74 Å². The zero-order chi connectivity index (χ0) is 7.19. The predicted octanol–water partition coefficient (Wildman–Crippen LogP) is 1.35. The van der Waals surface area contributed by atoms with Gasteiger partial charge in [-0.2, -0.15) is 0 Å². The average molecular weight is 140 g/mol. The van der Waals surface area contributed by atoms with Crippen LogP contribution in [0.15, 0.2) is 0 Å². The molecular weight excluding hydrogens is 128 g/mol. The molecule has 1 aliphatic heterocycles. The number of carbonyl (C=O) groups is 1. The van der Waals surface area contributed by atoms with Crippen LogP contribution in [0.2, 0.25) is 0 Å². The number of rotatable bonds is 0. The summed E-state index contributed by atoms with van der Waals surface area (Å²) in [6.07, 6.45) is 3.34. The molecule has 2 nitrogen and oxygen atoms in total. The van der Waals surface area contributed by atoms with E-state index in [1.54, 1.807) is 0 Å². The minimum atomic E-state index is 0.0417. The second kappa shape index (κ2) is 1.74. The van der Waals surface area contributed by atoms with Gasteiger partial charge in [-0.05, 0) is 24.7 Å². The molecule has 2 heteroatoms. The maximum absolute atomic E-state index is 11.0. The Kier molecular flexibility index (Phi) is 1.08. The highest BCUT2D eigenvalue weighted by Crippen LogP contribution is 2.51. The van der Waals surface area contributed by atoms with Crippen LogP contribution in [0.5, 0.6) is 0 Å². The second-order valence-corrected chi connectivity index (χ2v) is 3.66.